The summed E-state index contributed by atoms with van der Waals surface area (Å²) in [6.07, 6.45) is -0.884. The van der Waals surface area contributed by atoms with E-state index in [1.54, 1.807) is 13.8 Å². The second kappa shape index (κ2) is 7.22. The van der Waals surface area contributed by atoms with Crippen molar-refractivity contribution < 1.29 is 10.2 Å². The number of hydrogen-bond acceptors (Lipinski definition) is 2. The van der Waals surface area contributed by atoms with Gasteiger partial charge in [-0.25, -0.2) is 0 Å². The molecule has 0 spiro atoms. The van der Waals surface area contributed by atoms with Gasteiger partial charge in [0.1, 0.15) is 0 Å². The zero-order valence-corrected chi connectivity index (χ0v) is 14.9. The van der Waals surface area contributed by atoms with E-state index in [1.807, 2.05) is 37.3 Å². The topological polar surface area (TPSA) is 40.5 Å². The Balaban J connectivity index is 1.86. The maximum absolute atomic E-state index is 9.77. The van der Waals surface area contributed by atoms with Gasteiger partial charge < -0.3 is 10.2 Å². The Labute approximate surface area is 149 Å². The summed E-state index contributed by atoms with van der Waals surface area (Å²) in [7, 11) is 0. The van der Waals surface area contributed by atoms with Gasteiger partial charge in [0.05, 0.1) is 12.2 Å². The van der Waals surface area contributed by atoms with E-state index in [9.17, 15) is 10.2 Å². The maximum Gasteiger partial charge on any atom is 0.0764 e. The van der Waals surface area contributed by atoms with E-state index in [-0.39, 0.29) is 0 Å². The number of rotatable bonds is 4. The first-order chi connectivity index (χ1) is 12.0. The van der Waals surface area contributed by atoms with Crippen LogP contribution in [0.1, 0.15) is 42.7 Å². The third-order valence-corrected chi connectivity index (χ3v) is 4.66. The summed E-state index contributed by atoms with van der Waals surface area (Å²) in [5, 5.41) is 19.4. The third-order valence-electron chi connectivity index (χ3n) is 4.66. The molecule has 3 rings (SSSR count). The highest BCUT2D eigenvalue weighted by Crippen LogP contribution is 2.28. The molecule has 0 aliphatic rings. The first-order valence-electron chi connectivity index (χ1n) is 8.63. The predicted octanol–water partition coefficient (Wildman–Crippen LogP) is 5.44. The molecule has 0 aliphatic carbocycles. The number of benzene rings is 3. The molecule has 0 radical (unpaired) electrons. The van der Waals surface area contributed by atoms with Crippen molar-refractivity contribution in [2.45, 2.75) is 33.0 Å². The molecular weight excluding hydrogens is 308 g/mol. The monoisotopic (exact) mass is 332 g/mol. The van der Waals surface area contributed by atoms with E-state index in [2.05, 4.69) is 36.4 Å². The van der Waals surface area contributed by atoms with Gasteiger partial charge in [0.15, 0.2) is 0 Å². The lowest BCUT2D eigenvalue weighted by Gasteiger charge is -2.12. The fraction of sp³-hybridized carbons (Fsp3) is 0.217. The molecule has 3 aromatic rings. The molecule has 0 fully saturated rings. The standard InChI is InChI=1S/C23H24O2/c1-15-14-22(12-13-23(15)17(3)25)21-10-8-20(9-11-21)19-6-4-18(5-7-19)16(2)24/h4-14,16-17,24-25H,1-3H3. The number of aliphatic hydroxyl groups excluding tert-OH is 2. The van der Waals surface area contributed by atoms with E-state index >= 15 is 0 Å². The molecule has 0 saturated heterocycles. The van der Waals surface area contributed by atoms with E-state index in [1.165, 1.54) is 0 Å². The number of aryl methyl sites for hydroxylation is 1. The van der Waals surface area contributed by atoms with Crippen LogP contribution < -0.4 is 0 Å². The highest BCUT2D eigenvalue weighted by molar-refractivity contribution is 5.71. The van der Waals surface area contributed by atoms with E-state index < -0.39 is 12.2 Å². The predicted molar refractivity (Wildman–Crippen MR) is 103 cm³/mol. The Morgan fingerprint density at radius 3 is 1.48 bits per heavy atom. The summed E-state index contributed by atoms with van der Waals surface area (Å²) in [4.78, 5) is 0. The van der Waals surface area contributed by atoms with E-state index in [0.29, 0.717) is 0 Å². The highest BCUT2D eigenvalue weighted by atomic mass is 16.3. The normalized spacial score (nSPS) is 13.5. The molecule has 0 saturated carbocycles. The van der Waals surface area contributed by atoms with Crippen LogP contribution in [0.5, 0.6) is 0 Å². The van der Waals surface area contributed by atoms with Gasteiger partial charge >= 0.3 is 0 Å². The van der Waals surface area contributed by atoms with Crippen LogP contribution in [0.25, 0.3) is 22.3 Å². The minimum atomic E-state index is -0.443. The number of hydrogen-bond donors (Lipinski definition) is 2. The Morgan fingerprint density at radius 2 is 1.04 bits per heavy atom. The van der Waals surface area contributed by atoms with Gasteiger partial charge in [-0.1, -0.05) is 66.7 Å². The number of aliphatic hydroxyl groups is 2. The van der Waals surface area contributed by atoms with Crippen molar-refractivity contribution in [2.75, 3.05) is 0 Å². The Kier molecular flexibility index (Phi) is 5.03. The van der Waals surface area contributed by atoms with Crippen LogP contribution in [0.3, 0.4) is 0 Å². The molecule has 2 unspecified atom stereocenters. The molecule has 0 aliphatic heterocycles. The van der Waals surface area contributed by atoms with Gasteiger partial charge in [0.2, 0.25) is 0 Å². The Morgan fingerprint density at radius 1 is 0.600 bits per heavy atom. The summed E-state index contributed by atoms with van der Waals surface area (Å²) in [6.45, 7) is 5.60. The van der Waals surface area contributed by atoms with E-state index in [4.69, 9.17) is 0 Å². The van der Waals surface area contributed by atoms with Gasteiger partial charge in [-0.2, -0.15) is 0 Å². The second-order valence-corrected chi connectivity index (χ2v) is 6.62. The molecule has 128 valence electrons. The van der Waals surface area contributed by atoms with Crippen molar-refractivity contribution in [3.63, 3.8) is 0 Å². The lowest BCUT2D eigenvalue weighted by atomic mass is 9.96. The summed E-state index contributed by atoms with van der Waals surface area (Å²) in [5.41, 5.74) is 7.59. The molecular formula is C23H24O2. The van der Waals surface area contributed by atoms with Gasteiger partial charge in [-0.05, 0) is 59.7 Å². The van der Waals surface area contributed by atoms with Gasteiger partial charge in [0, 0.05) is 0 Å². The molecule has 2 nitrogen and oxygen atoms in total. The SMILES string of the molecule is Cc1cc(-c2ccc(-c3ccc(C(C)O)cc3)cc2)ccc1C(C)O. The summed E-state index contributed by atoms with van der Waals surface area (Å²) in [6, 6.07) is 22.7. The lowest BCUT2D eigenvalue weighted by molar-refractivity contribution is 0.198. The first kappa shape index (κ1) is 17.4. The minimum absolute atomic E-state index is 0.440. The zero-order valence-electron chi connectivity index (χ0n) is 14.9. The molecule has 0 amide bonds. The van der Waals surface area contributed by atoms with Crippen molar-refractivity contribution in [3.8, 4) is 22.3 Å². The van der Waals surface area contributed by atoms with Gasteiger partial charge in [-0.3, -0.25) is 0 Å². The Bertz CT molecular complexity index is 844. The van der Waals surface area contributed by atoms with E-state index in [0.717, 1.165) is 38.9 Å². The van der Waals surface area contributed by atoms with Crippen LogP contribution in [0.2, 0.25) is 0 Å². The Hall–Kier alpha value is -2.42. The third kappa shape index (κ3) is 3.81. The smallest absolute Gasteiger partial charge is 0.0764 e. The summed E-state index contributed by atoms with van der Waals surface area (Å²) >= 11 is 0. The quantitative estimate of drug-likeness (QED) is 0.668. The van der Waals surface area contributed by atoms with Crippen molar-refractivity contribution in [1.82, 2.24) is 0 Å². The molecule has 0 bridgehead atoms. The average molecular weight is 332 g/mol. The molecule has 25 heavy (non-hydrogen) atoms. The fourth-order valence-electron chi connectivity index (χ4n) is 3.13. The molecule has 0 aromatic heterocycles. The minimum Gasteiger partial charge on any atom is -0.389 e. The maximum atomic E-state index is 9.77. The van der Waals surface area contributed by atoms with Gasteiger partial charge in [0.25, 0.3) is 0 Å². The summed E-state index contributed by atoms with van der Waals surface area (Å²) in [5.74, 6) is 0. The molecule has 2 N–H and O–H groups in total. The van der Waals surface area contributed by atoms with Crippen molar-refractivity contribution in [3.05, 3.63) is 83.4 Å². The van der Waals surface area contributed by atoms with Crippen LogP contribution in [0.4, 0.5) is 0 Å². The van der Waals surface area contributed by atoms with Gasteiger partial charge in [-0.15, -0.1) is 0 Å². The largest absolute Gasteiger partial charge is 0.389 e. The summed E-state index contributed by atoms with van der Waals surface area (Å²) < 4.78 is 0. The van der Waals surface area contributed by atoms with Crippen molar-refractivity contribution in [2.24, 2.45) is 0 Å². The van der Waals surface area contributed by atoms with Crippen molar-refractivity contribution in [1.29, 1.82) is 0 Å². The highest BCUT2D eigenvalue weighted by Gasteiger charge is 2.07. The molecule has 3 aromatic carbocycles. The average Bonchev–Trinajstić information content (AvgIpc) is 2.61. The van der Waals surface area contributed by atoms with Crippen molar-refractivity contribution >= 4 is 0 Å². The van der Waals surface area contributed by atoms with Crippen LogP contribution >= 0.6 is 0 Å². The van der Waals surface area contributed by atoms with Crippen LogP contribution in [0, 0.1) is 6.92 Å². The van der Waals surface area contributed by atoms with Crippen LogP contribution in [-0.4, -0.2) is 10.2 Å². The fourth-order valence-corrected chi connectivity index (χ4v) is 3.13. The van der Waals surface area contributed by atoms with Crippen LogP contribution in [0.15, 0.2) is 66.7 Å². The lowest BCUT2D eigenvalue weighted by Crippen LogP contribution is -1.95. The van der Waals surface area contributed by atoms with Crippen LogP contribution in [-0.2, 0) is 0 Å². The molecule has 2 atom stereocenters. The molecule has 2 heteroatoms. The first-order valence-corrected chi connectivity index (χ1v) is 8.63. The second-order valence-electron chi connectivity index (χ2n) is 6.62. The molecule has 0 heterocycles. The zero-order chi connectivity index (χ0) is 18.0.